The molecule has 1 aliphatic heterocycles. The predicted octanol–water partition coefficient (Wildman–Crippen LogP) is 2.98. The number of likely N-dealkylation sites (tertiary alicyclic amines) is 1. The van der Waals surface area contributed by atoms with E-state index in [1.165, 1.54) is 30.9 Å². The zero-order valence-corrected chi connectivity index (χ0v) is 12.8. The molecule has 0 bridgehead atoms. The summed E-state index contributed by atoms with van der Waals surface area (Å²) in [5.74, 6) is 0.493. The maximum atomic E-state index is 11.9. The number of carbonyl (C=O) groups is 1. The summed E-state index contributed by atoms with van der Waals surface area (Å²) < 4.78 is 4.94. The second-order valence-corrected chi connectivity index (χ2v) is 6.38. The first-order chi connectivity index (χ1) is 10.3. The molecule has 5 heteroatoms. The molecule has 2 aromatic rings. The van der Waals surface area contributed by atoms with Crippen molar-refractivity contribution in [2.75, 3.05) is 19.6 Å². The van der Waals surface area contributed by atoms with Crippen molar-refractivity contribution in [3.63, 3.8) is 0 Å². The molecule has 0 aromatic carbocycles. The summed E-state index contributed by atoms with van der Waals surface area (Å²) in [5.41, 5.74) is 1.99. The predicted molar refractivity (Wildman–Crippen MR) is 83.4 cm³/mol. The van der Waals surface area contributed by atoms with Crippen LogP contribution in [0.4, 0.5) is 0 Å². The molecule has 1 N–H and O–H groups in total. The lowest BCUT2D eigenvalue weighted by Gasteiger charge is -2.32. The van der Waals surface area contributed by atoms with E-state index >= 15 is 0 Å². The van der Waals surface area contributed by atoms with Crippen LogP contribution in [0, 0.1) is 5.92 Å². The van der Waals surface area contributed by atoms with Crippen LogP contribution in [0.5, 0.6) is 0 Å². The van der Waals surface area contributed by atoms with Crippen molar-refractivity contribution in [3.8, 4) is 0 Å². The fourth-order valence-corrected chi connectivity index (χ4v) is 3.49. The van der Waals surface area contributed by atoms with E-state index in [1.54, 1.807) is 17.4 Å². The summed E-state index contributed by atoms with van der Waals surface area (Å²) in [4.78, 5) is 14.4. The smallest absolute Gasteiger partial charge is 0.254 e. The minimum Gasteiger partial charge on any atom is -0.472 e. The molecule has 1 unspecified atom stereocenters. The van der Waals surface area contributed by atoms with Crippen LogP contribution in [0.15, 0.2) is 39.8 Å². The Bertz CT molecular complexity index is 551. The van der Waals surface area contributed by atoms with Crippen molar-refractivity contribution in [2.24, 2.45) is 5.92 Å². The number of rotatable bonds is 5. The van der Waals surface area contributed by atoms with Gasteiger partial charge in [0.2, 0.25) is 0 Å². The van der Waals surface area contributed by atoms with Crippen molar-refractivity contribution >= 4 is 17.2 Å². The zero-order chi connectivity index (χ0) is 14.5. The lowest BCUT2D eigenvalue weighted by molar-refractivity contribution is 0.0930. The van der Waals surface area contributed by atoms with E-state index in [2.05, 4.69) is 27.0 Å². The molecule has 1 saturated heterocycles. The van der Waals surface area contributed by atoms with Gasteiger partial charge in [0.1, 0.15) is 6.26 Å². The number of amides is 1. The molecule has 0 aliphatic carbocycles. The van der Waals surface area contributed by atoms with Crippen LogP contribution in [0.1, 0.15) is 28.8 Å². The summed E-state index contributed by atoms with van der Waals surface area (Å²) in [6.45, 7) is 3.98. The van der Waals surface area contributed by atoms with Crippen LogP contribution in [0.25, 0.3) is 0 Å². The first kappa shape index (κ1) is 14.4. The molecule has 0 saturated carbocycles. The van der Waals surface area contributed by atoms with Gasteiger partial charge < -0.3 is 9.73 Å². The Hall–Kier alpha value is -1.59. The second-order valence-electron chi connectivity index (χ2n) is 5.60. The fourth-order valence-electron chi connectivity index (χ4n) is 2.84. The highest BCUT2D eigenvalue weighted by atomic mass is 32.1. The Morgan fingerprint density at radius 1 is 1.48 bits per heavy atom. The van der Waals surface area contributed by atoms with Gasteiger partial charge in [0.15, 0.2) is 0 Å². The average molecular weight is 304 g/mol. The molecule has 1 fully saturated rings. The molecule has 4 nitrogen and oxygen atoms in total. The van der Waals surface area contributed by atoms with Crippen LogP contribution >= 0.6 is 11.3 Å². The molecule has 1 amide bonds. The van der Waals surface area contributed by atoms with Gasteiger partial charge in [-0.05, 0) is 53.8 Å². The normalized spacial score (nSPS) is 19.5. The summed E-state index contributed by atoms with van der Waals surface area (Å²) in [7, 11) is 0. The number of thiophene rings is 1. The van der Waals surface area contributed by atoms with Crippen molar-refractivity contribution in [3.05, 3.63) is 46.5 Å². The first-order valence-electron chi connectivity index (χ1n) is 7.35. The zero-order valence-electron chi connectivity index (χ0n) is 12.0. The van der Waals surface area contributed by atoms with E-state index in [-0.39, 0.29) is 5.91 Å². The molecule has 0 spiro atoms. The lowest BCUT2D eigenvalue weighted by Crippen LogP contribution is -2.40. The Labute approximate surface area is 128 Å². The third-order valence-electron chi connectivity index (χ3n) is 3.92. The van der Waals surface area contributed by atoms with Gasteiger partial charge in [-0.15, -0.1) is 0 Å². The Morgan fingerprint density at radius 2 is 2.43 bits per heavy atom. The van der Waals surface area contributed by atoms with Gasteiger partial charge in [-0.3, -0.25) is 9.69 Å². The summed E-state index contributed by atoms with van der Waals surface area (Å²) >= 11 is 1.75. The fraction of sp³-hybridized carbons (Fsp3) is 0.438. The van der Waals surface area contributed by atoms with Crippen molar-refractivity contribution in [1.82, 2.24) is 10.2 Å². The minimum absolute atomic E-state index is 0.0429. The monoisotopic (exact) mass is 304 g/mol. The largest absolute Gasteiger partial charge is 0.472 e. The topological polar surface area (TPSA) is 45.5 Å². The SMILES string of the molecule is O=C(NCC1CCCN(Cc2ccsc2)C1)c1ccoc1. The van der Waals surface area contributed by atoms with E-state index < -0.39 is 0 Å². The number of hydrogen-bond donors (Lipinski definition) is 1. The molecule has 21 heavy (non-hydrogen) atoms. The lowest BCUT2D eigenvalue weighted by atomic mass is 9.97. The highest BCUT2D eigenvalue weighted by Crippen LogP contribution is 2.19. The summed E-state index contributed by atoms with van der Waals surface area (Å²) in [6.07, 6.45) is 5.40. The van der Waals surface area contributed by atoms with Gasteiger partial charge >= 0.3 is 0 Å². The van der Waals surface area contributed by atoms with E-state index in [9.17, 15) is 4.79 Å². The number of carbonyl (C=O) groups excluding carboxylic acids is 1. The quantitative estimate of drug-likeness (QED) is 0.923. The average Bonchev–Trinajstić information content (AvgIpc) is 3.18. The molecule has 1 atom stereocenters. The van der Waals surface area contributed by atoms with E-state index in [1.807, 2.05) is 0 Å². The molecule has 3 rings (SSSR count). The van der Waals surface area contributed by atoms with Crippen LogP contribution in [0.3, 0.4) is 0 Å². The van der Waals surface area contributed by atoms with Crippen LogP contribution in [0.2, 0.25) is 0 Å². The van der Waals surface area contributed by atoms with E-state index in [4.69, 9.17) is 4.42 Å². The number of nitrogens with one attached hydrogen (secondary N) is 1. The van der Waals surface area contributed by atoms with E-state index in [0.29, 0.717) is 11.5 Å². The van der Waals surface area contributed by atoms with Gasteiger partial charge in [-0.2, -0.15) is 11.3 Å². The highest BCUT2D eigenvalue weighted by molar-refractivity contribution is 7.07. The third kappa shape index (κ3) is 3.95. The van der Waals surface area contributed by atoms with Gasteiger partial charge in [0.25, 0.3) is 5.91 Å². The molecule has 2 aromatic heterocycles. The minimum atomic E-state index is -0.0429. The second kappa shape index (κ2) is 6.91. The molecule has 3 heterocycles. The maximum absolute atomic E-state index is 11.9. The maximum Gasteiger partial charge on any atom is 0.254 e. The Morgan fingerprint density at radius 3 is 3.19 bits per heavy atom. The summed E-state index contributed by atoms with van der Waals surface area (Å²) in [5, 5.41) is 7.35. The van der Waals surface area contributed by atoms with Gasteiger partial charge in [0.05, 0.1) is 11.8 Å². The van der Waals surface area contributed by atoms with Crippen LogP contribution < -0.4 is 5.32 Å². The number of piperidine rings is 1. The van der Waals surface area contributed by atoms with E-state index in [0.717, 1.165) is 26.2 Å². The van der Waals surface area contributed by atoms with Gasteiger partial charge in [0, 0.05) is 19.6 Å². The van der Waals surface area contributed by atoms with Crippen molar-refractivity contribution in [2.45, 2.75) is 19.4 Å². The molecular weight excluding hydrogens is 284 g/mol. The van der Waals surface area contributed by atoms with Crippen molar-refractivity contribution in [1.29, 1.82) is 0 Å². The number of furan rings is 1. The van der Waals surface area contributed by atoms with Crippen LogP contribution in [-0.2, 0) is 6.54 Å². The Kier molecular flexibility index (Phi) is 4.72. The molecular formula is C16H20N2O2S. The molecule has 1 aliphatic rings. The van der Waals surface area contributed by atoms with Gasteiger partial charge in [-0.1, -0.05) is 0 Å². The Balaban J connectivity index is 1.46. The number of hydrogen-bond acceptors (Lipinski definition) is 4. The third-order valence-corrected chi connectivity index (χ3v) is 4.66. The van der Waals surface area contributed by atoms with Crippen LogP contribution in [-0.4, -0.2) is 30.4 Å². The van der Waals surface area contributed by atoms with Gasteiger partial charge in [-0.25, -0.2) is 0 Å². The highest BCUT2D eigenvalue weighted by Gasteiger charge is 2.20. The van der Waals surface area contributed by atoms with Crippen molar-refractivity contribution < 1.29 is 9.21 Å². The standard InChI is InChI=1S/C16H20N2O2S/c19-16(15-3-6-20-11-15)17-8-13-2-1-5-18(9-13)10-14-4-7-21-12-14/h3-4,6-7,11-13H,1-2,5,8-10H2,(H,17,19). The first-order valence-corrected chi connectivity index (χ1v) is 8.29. The summed E-state index contributed by atoms with van der Waals surface area (Å²) in [6, 6.07) is 3.88. The molecule has 112 valence electrons. The number of nitrogens with zero attached hydrogens (tertiary/aromatic N) is 1. The molecule has 0 radical (unpaired) electrons.